The molecule has 1 amide bonds. The van der Waals surface area contributed by atoms with Crippen molar-refractivity contribution in [3.05, 3.63) is 88.5 Å². The molecule has 0 radical (unpaired) electrons. The number of benzene rings is 2. The highest BCUT2D eigenvalue weighted by Gasteiger charge is 2.41. The Morgan fingerprint density at radius 1 is 1.06 bits per heavy atom. The van der Waals surface area contributed by atoms with E-state index in [1.165, 1.54) is 23.1 Å². The fraction of sp³-hybridized carbons (Fsp3) is 0.130. The van der Waals surface area contributed by atoms with Crippen molar-refractivity contribution in [2.75, 3.05) is 5.32 Å². The van der Waals surface area contributed by atoms with Crippen LogP contribution in [0.2, 0.25) is 5.02 Å². The number of para-hydroxylation sites is 1. The zero-order valence-electron chi connectivity index (χ0n) is 16.4. The second kappa shape index (κ2) is 7.56. The minimum atomic E-state index is -4.58. The van der Waals surface area contributed by atoms with Crippen molar-refractivity contribution in [1.29, 1.82) is 0 Å². The number of fused-ring (bicyclic) bond motifs is 3. The van der Waals surface area contributed by atoms with Gasteiger partial charge < -0.3 is 9.73 Å². The number of alkyl halides is 3. The lowest BCUT2D eigenvalue weighted by Gasteiger charge is -2.15. The first kappa shape index (κ1) is 20.4. The predicted octanol–water partition coefficient (Wildman–Crippen LogP) is 6.16. The van der Waals surface area contributed by atoms with Crippen LogP contribution >= 0.6 is 11.6 Å². The van der Waals surface area contributed by atoms with Gasteiger partial charge in [-0.3, -0.25) is 4.79 Å². The van der Waals surface area contributed by atoms with Crippen molar-refractivity contribution in [3.8, 4) is 16.9 Å². The van der Waals surface area contributed by atoms with Crippen LogP contribution in [0.4, 0.5) is 18.9 Å². The van der Waals surface area contributed by atoms with Gasteiger partial charge in [0.15, 0.2) is 5.69 Å². The maximum absolute atomic E-state index is 13.7. The first-order valence-electron chi connectivity index (χ1n) is 9.75. The van der Waals surface area contributed by atoms with E-state index in [1.54, 1.807) is 42.5 Å². The number of amides is 1. The summed E-state index contributed by atoms with van der Waals surface area (Å²) < 4.78 is 47.7. The van der Waals surface area contributed by atoms with Gasteiger partial charge in [-0.05, 0) is 48.9 Å². The fourth-order valence-corrected chi connectivity index (χ4v) is 4.06. The summed E-state index contributed by atoms with van der Waals surface area (Å²) in [4.78, 5) is 12.6. The summed E-state index contributed by atoms with van der Waals surface area (Å²) in [6.07, 6.45) is -2.55. The molecule has 162 valence electrons. The van der Waals surface area contributed by atoms with Gasteiger partial charge in [0.1, 0.15) is 5.76 Å². The molecule has 2 aromatic heterocycles. The molecule has 0 aliphatic heterocycles. The van der Waals surface area contributed by atoms with E-state index in [9.17, 15) is 18.0 Å². The SMILES string of the molecule is O=C(Nc1ccccc1Cl)c1ccc(-n2nc(C(F)(F)F)c3c2-c2ccoc2CC3)cc1. The number of aryl methyl sites for hydroxylation is 1. The Hall–Kier alpha value is -3.52. The standard InChI is InChI=1S/C23H15ClF3N3O2/c24-17-3-1-2-4-18(17)28-22(31)13-5-7-14(8-6-13)30-20-15-11-12-32-19(15)10-9-16(20)21(29-30)23(25,26)27/h1-8,11-12H,9-10H2,(H,28,31). The largest absolute Gasteiger partial charge is 0.469 e. The van der Waals surface area contributed by atoms with Gasteiger partial charge in [0.25, 0.3) is 5.91 Å². The molecule has 0 atom stereocenters. The molecular weight excluding hydrogens is 443 g/mol. The summed E-state index contributed by atoms with van der Waals surface area (Å²) in [5.74, 6) is 0.239. The Bertz CT molecular complexity index is 1320. The second-order valence-corrected chi connectivity index (χ2v) is 7.73. The zero-order valence-corrected chi connectivity index (χ0v) is 17.2. The number of aromatic nitrogens is 2. The lowest BCUT2D eigenvalue weighted by Crippen LogP contribution is -2.12. The highest BCUT2D eigenvalue weighted by molar-refractivity contribution is 6.33. The van der Waals surface area contributed by atoms with Gasteiger partial charge in [0, 0.05) is 23.1 Å². The summed E-state index contributed by atoms with van der Waals surface area (Å²) in [5.41, 5.74) is 1.39. The number of nitrogens with zero attached hydrogens (tertiary/aromatic N) is 2. The molecule has 32 heavy (non-hydrogen) atoms. The maximum atomic E-state index is 13.7. The molecule has 9 heteroatoms. The van der Waals surface area contributed by atoms with E-state index in [-0.39, 0.29) is 17.9 Å². The Labute approximate surface area is 185 Å². The van der Waals surface area contributed by atoms with Crippen molar-refractivity contribution >= 4 is 23.2 Å². The van der Waals surface area contributed by atoms with E-state index < -0.39 is 11.9 Å². The average Bonchev–Trinajstić information content (AvgIpc) is 3.39. The number of anilines is 1. The Kier molecular flexibility index (Phi) is 4.82. The molecule has 1 aliphatic carbocycles. The van der Waals surface area contributed by atoms with E-state index in [2.05, 4.69) is 10.4 Å². The number of halogens is 4. The van der Waals surface area contributed by atoms with Crippen molar-refractivity contribution in [3.63, 3.8) is 0 Å². The first-order valence-corrected chi connectivity index (χ1v) is 10.1. The fourth-order valence-electron chi connectivity index (χ4n) is 3.87. The lowest BCUT2D eigenvalue weighted by molar-refractivity contribution is -0.142. The van der Waals surface area contributed by atoms with E-state index in [0.29, 0.717) is 45.4 Å². The van der Waals surface area contributed by atoms with Gasteiger partial charge >= 0.3 is 6.18 Å². The minimum Gasteiger partial charge on any atom is -0.469 e. The van der Waals surface area contributed by atoms with Crippen LogP contribution < -0.4 is 5.32 Å². The number of hydrogen-bond donors (Lipinski definition) is 1. The van der Waals surface area contributed by atoms with Crippen LogP contribution in [0.25, 0.3) is 16.9 Å². The van der Waals surface area contributed by atoms with Gasteiger partial charge in [-0.15, -0.1) is 0 Å². The van der Waals surface area contributed by atoms with Crippen molar-refractivity contribution in [1.82, 2.24) is 9.78 Å². The van der Waals surface area contributed by atoms with Gasteiger partial charge in [-0.25, -0.2) is 4.68 Å². The Morgan fingerprint density at radius 2 is 1.81 bits per heavy atom. The number of rotatable bonds is 3. The summed E-state index contributed by atoms with van der Waals surface area (Å²) >= 11 is 6.07. The van der Waals surface area contributed by atoms with Crippen LogP contribution in [0.1, 0.15) is 27.4 Å². The number of hydrogen-bond acceptors (Lipinski definition) is 3. The molecule has 1 aliphatic rings. The number of nitrogens with one attached hydrogen (secondary N) is 1. The van der Waals surface area contributed by atoms with Crippen LogP contribution in [0, 0.1) is 0 Å². The van der Waals surface area contributed by atoms with Crippen molar-refractivity contribution < 1.29 is 22.4 Å². The van der Waals surface area contributed by atoms with Crippen LogP contribution in [0.5, 0.6) is 0 Å². The maximum Gasteiger partial charge on any atom is 0.435 e. The minimum absolute atomic E-state index is 0.145. The topological polar surface area (TPSA) is 60.1 Å². The number of carbonyl (C=O) groups excluding carboxylic acids is 1. The number of carbonyl (C=O) groups is 1. The molecule has 0 unspecified atom stereocenters. The predicted molar refractivity (Wildman–Crippen MR) is 113 cm³/mol. The monoisotopic (exact) mass is 457 g/mol. The summed E-state index contributed by atoms with van der Waals surface area (Å²) in [6, 6.07) is 14.6. The number of furan rings is 1. The second-order valence-electron chi connectivity index (χ2n) is 7.32. The van der Waals surface area contributed by atoms with E-state index >= 15 is 0 Å². The summed E-state index contributed by atoms with van der Waals surface area (Å²) in [6.45, 7) is 0. The smallest absolute Gasteiger partial charge is 0.435 e. The van der Waals surface area contributed by atoms with Crippen LogP contribution in [0.15, 0.2) is 65.3 Å². The molecular formula is C23H15ClF3N3O2. The third-order valence-corrected chi connectivity index (χ3v) is 5.68. The highest BCUT2D eigenvalue weighted by Crippen LogP contribution is 2.42. The average molecular weight is 458 g/mol. The Balaban J connectivity index is 1.52. The third-order valence-electron chi connectivity index (χ3n) is 5.35. The van der Waals surface area contributed by atoms with E-state index in [0.717, 1.165) is 0 Å². The molecule has 2 heterocycles. The molecule has 0 fully saturated rings. The van der Waals surface area contributed by atoms with Crippen LogP contribution in [0.3, 0.4) is 0 Å². The lowest BCUT2D eigenvalue weighted by atomic mass is 9.94. The third kappa shape index (κ3) is 3.46. The molecule has 0 spiro atoms. The molecule has 5 rings (SSSR count). The van der Waals surface area contributed by atoms with E-state index in [1.807, 2.05) is 0 Å². The molecule has 5 nitrogen and oxygen atoms in total. The normalized spacial score (nSPS) is 12.9. The van der Waals surface area contributed by atoms with Crippen molar-refractivity contribution in [2.24, 2.45) is 0 Å². The molecule has 2 aromatic carbocycles. The van der Waals surface area contributed by atoms with Gasteiger partial charge in [0.2, 0.25) is 0 Å². The van der Waals surface area contributed by atoms with Gasteiger partial charge in [0.05, 0.1) is 28.4 Å². The van der Waals surface area contributed by atoms with Crippen LogP contribution in [-0.4, -0.2) is 15.7 Å². The van der Waals surface area contributed by atoms with Gasteiger partial charge in [-0.1, -0.05) is 23.7 Å². The van der Waals surface area contributed by atoms with Gasteiger partial charge in [-0.2, -0.15) is 18.3 Å². The van der Waals surface area contributed by atoms with Crippen molar-refractivity contribution in [2.45, 2.75) is 19.0 Å². The quantitative estimate of drug-likeness (QED) is 0.401. The highest BCUT2D eigenvalue weighted by atomic mass is 35.5. The van der Waals surface area contributed by atoms with Crippen LogP contribution in [-0.2, 0) is 19.0 Å². The molecule has 0 saturated heterocycles. The Morgan fingerprint density at radius 3 is 2.53 bits per heavy atom. The molecule has 0 saturated carbocycles. The summed E-state index contributed by atoms with van der Waals surface area (Å²) in [7, 11) is 0. The zero-order chi connectivity index (χ0) is 22.5. The first-order chi connectivity index (χ1) is 15.3. The molecule has 0 bridgehead atoms. The summed E-state index contributed by atoms with van der Waals surface area (Å²) in [5, 5.41) is 7.01. The molecule has 4 aromatic rings. The molecule has 1 N–H and O–H groups in total. The van der Waals surface area contributed by atoms with E-state index in [4.69, 9.17) is 16.0 Å².